The smallest absolute Gasteiger partial charge is 0.337 e. The van der Waals surface area contributed by atoms with Gasteiger partial charge in [-0.05, 0) is 77.0 Å². The van der Waals surface area contributed by atoms with Gasteiger partial charge in [0.05, 0.1) is 18.9 Å². The summed E-state index contributed by atoms with van der Waals surface area (Å²) in [6.45, 7) is 9.50. The second kappa shape index (κ2) is 6.85. The zero-order valence-electron chi connectivity index (χ0n) is 19.1. The predicted molar refractivity (Wildman–Crippen MR) is 124 cm³/mol. The van der Waals surface area contributed by atoms with Crippen molar-refractivity contribution in [3.63, 3.8) is 0 Å². The van der Waals surface area contributed by atoms with Gasteiger partial charge in [-0.1, -0.05) is 45.9 Å². The lowest BCUT2D eigenvalue weighted by Gasteiger charge is -2.42. The molecule has 0 spiro atoms. The molecule has 0 radical (unpaired) electrons. The van der Waals surface area contributed by atoms with Gasteiger partial charge in [0.25, 0.3) is 0 Å². The third-order valence-electron chi connectivity index (χ3n) is 7.48. The molecule has 0 N–H and O–H groups in total. The molecule has 3 heteroatoms. The van der Waals surface area contributed by atoms with Crippen LogP contribution in [-0.2, 0) is 28.4 Å². The molecule has 0 amide bonds. The van der Waals surface area contributed by atoms with E-state index < -0.39 is 0 Å². The monoisotopic (exact) mass is 414 g/mol. The lowest BCUT2D eigenvalue weighted by Crippen LogP contribution is -2.34. The molecule has 0 saturated carbocycles. The number of furan rings is 1. The van der Waals surface area contributed by atoms with E-state index in [-0.39, 0.29) is 16.8 Å². The molecule has 0 fully saturated rings. The number of hydrogen-bond acceptors (Lipinski definition) is 3. The Labute approximate surface area is 184 Å². The van der Waals surface area contributed by atoms with Crippen LogP contribution in [0.3, 0.4) is 0 Å². The molecule has 2 aliphatic carbocycles. The summed E-state index contributed by atoms with van der Waals surface area (Å²) < 4.78 is 11.0. The van der Waals surface area contributed by atoms with Gasteiger partial charge < -0.3 is 9.15 Å². The lowest BCUT2D eigenvalue weighted by atomic mass is 9.62. The second-order valence-electron chi connectivity index (χ2n) is 10.3. The zero-order valence-corrected chi connectivity index (χ0v) is 19.1. The average molecular weight is 415 g/mol. The summed E-state index contributed by atoms with van der Waals surface area (Å²) in [5, 5.41) is 0. The minimum absolute atomic E-state index is 0.177. The van der Waals surface area contributed by atoms with Crippen LogP contribution in [0.5, 0.6) is 0 Å². The van der Waals surface area contributed by atoms with E-state index in [4.69, 9.17) is 9.15 Å². The summed E-state index contributed by atoms with van der Waals surface area (Å²) in [7, 11) is 1.40. The van der Waals surface area contributed by atoms with E-state index in [0.717, 1.165) is 29.7 Å². The molecule has 3 nitrogen and oxygen atoms in total. The number of ether oxygens (including phenoxy) is 1. The fourth-order valence-corrected chi connectivity index (χ4v) is 5.34. The van der Waals surface area contributed by atoms with Crippen molar-refractivity contribution in [1.29, 1.82) is 0 Å². The van der Waals surface area contributed by atoms with Gasteiger partial charge in [-0.2, -0.15) is 0 Å². The first kappa shape index (κ1) is 20.1. The largest absolute Gasteiger partial charge is 0.465 e. The Hall–Kier alpha value is -2.81. The van der Waals surface area contributed by atoms with Crippen molar-refractivity contribution in [2.45, 2.75) is 64.2 Å². The fourth-order valence-electron chi connectivity index (χ4n) is 5.34. The third-order valence-corrected chi connectivity index (χ3v) is 7.48. The molecule has 1 heterocycles. The van der Waals surface area contributed by atoms with Gasteiger partial charge in [-0.15, -0.1) is 0 Å². The molecule has 2 aliphatic rings. The summed E-state index contributed by atoms with van der Waals surface area (Å²) in [6, 6.07) is 12.5. The first-order chi connectivity index (χ1) is 14.7. The Kier molecular flexibility index (Phi) is 4.44. The number of hydrogen-bond donors (Lipinski definition) is 0. The summed E-state index contributed by atoms with van der Waals surface area (Å²) in [6.07, 6.45) is 6.30. The van der Waals surface area contributed by atoms with E-state index in [1.165, 1.54) is 47.8 Å². The van der Waals surface area contributed by atoms with Crippen molar-refractivity contribution in [2.24, 2.45) is 0 Å². The highest BCUT2D eigenvalue weighted by Gasteiger charge is 2.38. The van der Waals surface area contributed by atoms with Crippen LogP contribution in [-0.4, -0.2) is 13.1 Å². The van der Waals surface area contributed by atoms with E-state index in [2.05, 4.69) is 39.8 Å². The quantitative estimate of drug-likeness (QED) is 0.431. The SMILES string of the molecule is COC(=O)c1ccc(-c2coc3c2CCc2cc4c(cc2-3)C(C)(C)CCC4(C)C)cc1. The summed E-state index contributed by atoms with van der Waals surface area (Å²) in [4.78, 5) is 11.8. The first-order valence-electron chi connectivity index (χ1n) is 11.2. The number of fused-ring (bicyclic) bond motifs is 4. The molecule has 0 bridgehead atoms. The standard InChI is InChI=1S/C28H30O3/c1-27(2)12-13-28(3,4)24-15-21-19(14-23(24)27)10-11-20-22(16-31-25(20)21)17-6-8-18(9-7-17)26(29)30-5/h6-9,14-16H,10-13H2,1-5H3. The van der Waals surface area contributed by atoms with E-state index in [9.17, 15) is 4.79 Å². The van der Waals surface area contributed by atoms with E-state index >= 15 is 0 Å². The Morgan fingerprint density at radius 3 is 2.19 bits per heavy atom. The number of methoxy groups -OCH3 is 1. The molecule has 5 rings (SSSR count). The molecule has 160 valence electrons. The van der Waals surface area contributed by atoms with Crippen LogP contribution < -0.4 is 0 Å². The lowest BCUT2D eigenvalue weighted by molar-refractivity contribution is 0.0600. The Balaban J connectivity index is 1.60. The maximum Gasteiger partial charge on any atom is 0.337 e. The summed E-state index contributed by atoms with van der Waals surface area (Å²) in [5.74, 6) is 0.695. The van der Waals surface area contributed by atoms with Crippen LogP contribution in [0.15, 0.2) is 47.1 Å². The summed E-state index contributed by atoms with van der Waals surface area (Å²) in [5.41, 5.74) is 10.0. The van der Waals surface area contributed by atoms with Gasteiger partial charge in [0.1, 0.15) is 5.76 Å². The van der Waals surface area contributed by atoms with Gasteiger partial charge in [-0.25, -0.2) is 4.79 Å². The Morgan fingerprint density at radius 1 is 0.903 bits per heavy atom. The van der Waals surface area contributed by atoms with Crippen molar-refractivity contribution >= 4 is 5.97 Å². The zero-order chi connectivity index (χ0) is 22.0. The number of carbonyl (C=O) groups excluding carboxylic acids is 1. The van der Waals surface area contributed by atoms with Crippen LogP contribution in [0.25, 0.3) is 22.5 Å². The fraction of sp³-hybridized carbons (Fsp3) is 0.393. The molecule has 0 aliphatic heterocycles. The molecule has 3 aromatic rings. The van der Waals surface area contributed by atoms with Crippen LogP contribution >= 0.6 is 0 Å². The van der Waals surface area contributed by atoms with E-state index in [1.54, 1.807) is 0 Å². The van der Waals surface area contributed by atoms with Crippen LogP contribution in [0.4, 0.5) is 0 Å². The van der Waals surface area contributed by atoms with E-state index in [0.29, 0.717) is 5.56 Å². The van der Waals surface area contributed by atoms with Gasteiger partial charge in [-0.3, -0.25) is 0 Å². The summed E-state index contributed by atoms with van der Waals surface area (Å²) >= 11 is 0. The normalized spacial score (nSPS) is 18.0. The number of benzene rings is 2. The number of aryl methyl sites for hydroxylation is 1. The molecule has 31 heavy (non-hydrogen) atoms. The molecule has 0 atom stereocenters. The molecule has 0 unspecified atom stereocenters. The predicted octanol–water partition coefficient (Wildman–Crippen LogP) is 6.85. The first-order valence-corrected chi connectivity index (χ1v) is 11.2. The average Bonchev–Trinajstić information content (AvgIpc) is 3.20. The van der Waals surface area contributed by atoms with Gasteiger partial charge in [0, 0.05) is 16.7 Å². The maximum atomic E-state index is 11.8. The van der Waals surface area contributed by atoms with Crippen molar-refractivity contribution < 1.29 is 13.9 Å². The molecular weight excluding hydrogens is 384 g/mol. The van der Waals surface area contributed by atoms with Gasteiger partial charge in [0.15, 0.2) is 0 Å². The Bertz CT molecular complexity index is 1180. The van der Waals surface area contributed by atoms with Crippen molar-refractivity contribution in [1.82, 2.24) is 0 Å². The number of carbonyl (C=O) groups is 1. The van der Waals surface area contributed by atoms with Gasteiger partial charge >= 0.3 is 5.97 Å². The third kappa shape index (κ3) is 3.13. The molecule has 0 saturated heterocycles. The van der Waals surface area contributed by atoms with Gasteiger partial charge in [0.2, 0.25) is 0 Å². The van der Waals surface area contributed by atoms with Crippen molar-refractivity contribution in [3.05, 3.63) is 70.5 Å². The highest BCUT2D eigenvalue weighted by Crippen LogP contribution is 2.50. The number of esters is 1. The topological polar surface area (TPSA) is 39.4 Å². The highest BCUT2D eigenvalue weighted by atomic mass is 16.5. The highest BCUT2D eigenvalue weighted by molar-refractivity contribution is 5.90. The van der Waals surface area contributed by atoms with Crippen molar-refractivity contribution in [2.75, 3.05) is 7.11 Å². The molecule has 1 aromatic heterocycles. The maximum absolute atomic E-state index is 11.8. The second-order valence-corrected chi connectivity index (χ2v) is 10.3. The molecule has 2 aromatic carbocycles. The Morgan fingerprint density at radius 2 is 1.55 bits per heavy atom. The van der Waals surface area contributed by atoms with Crippen LogP contribution in [0.2, 0.25) is 0 Å². The molecular formula is C28H30O3. The van der Waals surface area contributed by atoms with Crippen LogP contribution in [0, 0.1) is 0 Å². The minimum atomic E-state index is -0.315. The van der Waals surface area contributed by atoms with Crippen molar-refractivity contribution in [3.8, 4) is 22.5 Å². The number of rotatable bonds is 2. The van der Waals surface area contributed by atoms with Crippen LogP contribution in [0.1, 0.15) is 73.1 Å². The minimum Gasteiger partial charge on any atom is -0.465 e. The van der Waals surface area contributed by atoms with E-state index in [1.807, 2.05) is 30.5 Å².